The number of carboxylic acid groups (broad SMARTS) is 1. The second-order valence-corrected chi connectivity index (χ2v) is 8.13. The first-order valence-electron chi connectivity index (χ1n) is 8.69. The smallest absolute Gasteiger partial charge is 0.306 e. The van der Waals surface area contributed by atoms with Gasteiger partial charge in [0.25, 0.3) is 0 Å². The molecule has 0 aliphatic heterocycles. The summed E-state index contributed by atoms with van der Waals surface area (Å²) in [6, 6.07) is 0. The Balaban J connectivity index is 4.18. The van der Waals surface area contributed by atoms with Crippen LogP contribution in [0.25, 0.3) is 0 Å². The van der Waals surface area contributed by atoms with Crippen LogP contribution in [0.1, 0.15) is 59.3 Å². The van der Waals surface area contributed by atoms with Crippen molar-refractivity contribution in [3.63, 3.8) is 0 Å². The van der Waals surface area contributed by atoms with Gasteiger partial charge in [0.15, 0.2) is 6.10 Å². The highest BCUT2D eigenvalue weighted by atomic mass is 16.5. The van der Waals surface area contributed by atoms with Crippen molar-refractivity contribution in [1.82, 2.24) is 0 Å². The van der Waals surface area contributed by atoms with Crippen LogP contribution in [0, 0.1) is 11.8 Å². The Kier molecular flexibility index (Phi) is 10.1. The minimum Gasteiger partial charge on any atom is -0.550 e. The maximum absolute atomic E-state index is 12.0. The summed E-state index contributed by atoms with van der Waals surface area (Å²) < 4.78 is 5.89. The van der Waals surface area contributed by atoms with Crippen molar-refractivity contribution in [1.29, 1.82) is 0 Å². The summed E-state index contributed by atoms with van der Waals surface area (Å²) in [6.45, 7) is 7.04. The summed E-state index contributed by atoms with van der Waals surface area (Å²) in [5, 5.41) is 10.8. The molecule has 23 heavy (non-hydrogen) atoms. The van der Waals surface area contributed by atoms with Crippen molar-refractivity contribution >= 4 is 11.9 Å². The number of carbonyl (C=O) groups excluding carboxylic acids is 2. The lowest BCUT2D eigenvalue weighted by atomic mass is 9.96. The van der Waals surface area contributed by atoms with Gasteiger partial charge in [0.2, 0.25) is 0 Å². The third kappa shape index (κ3) is 14.2. The fourth-order valence-electron chi connectivity index (χ4n) is 2.57. The minimum absolute atomic E-state index is 0.245. The number of likely N-dealkylation sites (N-methyl/N-ethyl adjacent to an activating group) is 1. The molecule has 2 atom stereocenters. The van der Waals surface area contributed by atoms with Crippen molar-refractivity contribution in [2.75, 3.05) is 27.7 Å². The van der Waals surface area contributed by atoms with Gasteiger partial charge in [0.05, 0.1) is 21.1 Å². The molecule has 5 heteroatoms. The molecular weight excluding hydrogens is 294 g/mol. The number of quaternary nitrogens is 1. The van der Waals surface area contributed by atoms with Gasteiger partial charge in [-0.05, 0) is 18.3 Å². The summed E-state index contributed by atoms with van der Waals surface area (Å²) in [7, 11) is 5.81. The molecule has 0 aromatic heterocycles. The Hall–Kier alpha value is -1.10. The number of ether oxygens (including phenoxy) is 1. The Bertz CT molecular complexity index is 361. The predicted molar refractivity (Wildman–Crippen MR) is 89.5 cm³/mol. The first-order valence-corrected chi connectivity index (χ1v) is 8.69. The van der Waals surface area contributed by atoms with Gasteiger partial charge in [0, 0.05) is 18.8 Å². The summed E-state index contributed by atoms with van der Waals surface area (Å²) in [5.74, 6) is -0.286. The number of esters is 1. The van der Waals surface area contributed by atoms with E-state index < -0.39 is 12.1 Å². The standard InChI is InChI=1S/C18H35NO4/c1-14(2)8-7-9-15(3)10-11-18(22)23-16(12-17(20)21)13-19(4,5)6/h14-16H,7-13H2,1-6H3. The lowest BCUT2D eigenvalue weighted by molar-refractivity contribution is -0.873. The number of carboxylic acids is 1. The molecule has 0 aromatic rings. The first-order chi connectivity index (χ1) is 10.5. The molecule has 0 aromatic carbocycles. The molecule has 0 saturated heterocycles. The Morgan fingerprint density at radius 1 is 1.04 bits per heavy atom. The fraction of sp³-hybridized carbons (Fsp3) is 0.889. The molecule has 2 unspecified atom stereocenters. The molecule has 0 amide bonds. The monoisotopic (exact) mass is 329 g/mol. The minimum atomic E-state index is -1.18. The summed E-state index contributed by atoms with van der Waals surface area (Å²) in [4.78, 5) is 22.8. The second kappa shape index (κ2) is 10.6. The molecule has 0 aliphatic carbocycles. The van der Waals surface area contributed by atoms with Crippen molar-refractivity contribution < 1.29 is 23.9 Å². The van der Waals surface area contributed by atoms with E-state index in [1.165, 1.54) is 12.8 Å². The maximum Gasteiger partial charge on any atom is 0.306 e. The lowest BCUT2D eigenvalue weighted by Crippen LogP contribution is -2.45. The Morgan fingerprint density at radius 3 is 2.13 bits per heavy atom. The molecule has 0 bridgehead atoms. The number of aliphatic carboxylic acids is 1. The van der Waals surface area contributed by atoms with Gasteiger partial charge in [-0.3, -0.25) is 4.79 Å². The van der Waals surface area contributed by atoms with E-state index in [4.69, 9.17) is 4.74 Å². The first kappa shape index (κ1) is 21.9. The topological polar surface area (TPSA) is 66.4 Å². The van der Waals surface area contributed by atoms with Crippen LogP contribution in [0.4, 0.5) is 0 Å². The van der Waals surface area contributed by atoms with Crippen LogP contribution in [-0.2, 0) is 14.3 Å². The van der Waals surface area contributed by atoms with Crippen molar-refractivity contribution in [2.45, 2.75) is 65.4 Å². The summed E-state index contributed by atoms with van der Waals surface area (Å²) >= 11 is 0. The number of carbonyl (C=O) groups is 2. The van der Waals surface area contributed by atoms with Crippen LogP contribution in [-0.4, -0.2) is 50.2 Å². The number of rotatable bonds is 12. The third-order valence-electron chi connectivity index (χ3n) is 3.76. The molecule has 0 fully saturated rings. The van der Waals surface area contributed by atoms with E-state index in [1.54, 1.807) is 0 Å². The fourth-order valence-corrected chi connectivity index (χ4v) is 2.57. The molecule has 0 spiro atoms. The lowest BCUT2D eigenvalue weighted by Gasteiger charge is -2.29. The van der Waals surface area contributed by atoms with Gasteiger partial charge >= 0.3 is 5.97 Å². The maximum atomic E-state index is 12.0. The van der Waals surface area contributed by atoms with Crippen LogP contribution in [0.2, 0.25) is 0 Å². The van der Waals surface area contributed by atoms with Gasteiger partial charge < -0.3 is 19.1 Å². The molecule has 0 radical (unpaired) electrons. The Morgan fingerprint density at radius 2 is 1.65 bits per heavy atom. The summed E-state index contributed by atoms with van der Waals surface area (Å²) in [5.41, 5.74) is 0. The zero-order chi connectivity index (χ0) is 18.0. The molecule has 0 N–H and O–H groups in total. The average molecular weight is 329 g/mol. The third-order valence-corrected chi connectivity index (χ3v) is 3.76. The highest BCUT2D eigenvalue weighted by Crippen LogP contribution is 2.17. The quantitative estimate of drug-likeness (QED) is 0.406. The van der Waals surface area contributed by atoms with E-state index in [-0.39, 0.29) is 12.4 Å². The van der Waals surface area contributed by atoms with Crippen LogP contribution in [0.15, 0.2) is 0 Å². The summed E-state index contributed by atoms with van der Waals surface area (Å²) in [6.07, 6.45) is 3.79. The molecule has 0 rings (SSSR count). The second-order valence-electron chi connectivity index (χ2n) is 8.13. The van der Waals surface area contributed by atoms with E-state index >= 15 is 0 Å². The van der Waals surface area contributed by atoms with Gasteiger partial charge in [0.1, 0.15) is 6.54 Å². The van der Waals surface area contributed by atoms with E-state index in [0.29, 0.717) is 29.3 Å². The van der Waals surface area contributed by atoms with E-state index in [0.717, 1.165) is 12.8 Å². The normalized spacial score (nSPS) is 14.6. The van der Waals surface area contributed by atoms with Gasteiger partial charge in [-0.1, -0.05) is 40.0 Å². The van der Waals surface area contributed by atoms with Crippen LogP contribution in [0.5, 0.6) is 0 Å². The zero-order valence-corrected chi connectivity index (χ0v) is 15.8. The van der Waals surface area contributed by atoms with Crippen molar-refractivity contribution in [3.05, 3.63) is 0 Å². The van der Waals surface area contributed by atoms with Gasteiger partial charge in [-0.15, -0.1) is 0 Å². The SMILES string of the molecule is CC(C)CCCC(C)CCC(=O)OC(CC(=O)[O-])C[N+](C)(C)C. The van der Waals surface area contributed by atoms with E-state index in [9.17, 15) is 14.7 Å². The zero-order valence-electron chi connectivity index (χ0n) is 15.8. The van der Waals surface area contributed by atoms with Gasteiger partial charge in [-0.2, -0.15) is 0 Å². The molecular formula is C18H35NO4. The predicted octanol–water partition coefficient (Wildman–Crippen LogP) is 1.99. The van der Waals surface area contributed by atoms with Crippen molar-refractivity contribution in [2.24, 2.45) is 11.8 Å². The largest absolute Gasteiger partial charge is 0.550 e. The van der Waals surface area contributed by atoms with Crippen LogP contribution < -0.4 is 5.11 Å². The van der Waals surface area contributed by atoms with E-state index in [2.05, 4.69) is 20.8 Å². The number of nitrogens with zero attached hydrogens (tertiary/aromatic N) is 1. The number of hydrogen-bond acceptors (Lipinski definition) is 4. The van der Waals surface area contributed by atoms with E-state index in [1.807, 2.05) is 21.1 Å². The Labute approximate surface area is 141 Å². The molecule has 0 heterocycles. The van der Waals surface area contributed by atoms with Crippen LogP contribution >= 0.6 is 0 Å². The molecule has 5 nitrogen and oxygen atoms in total. The highest BCUT2D eigenvalue weighted by molar-refractivity contribution is 5.70. The van der Waals surface area contributed by atoms with Crippen molar-refractivity contribution in [3.8, 4) is 0 Å². The molecule has 136 valence electrons. The average Bonchev–Trinajstić information content (AvgIpc) is 2.32. The highest BCUT2D eigenvalue weighted by Gasteiger charge is 2.22. The number of hydrogen-bond donors (Lipinski definition) is 0. The molecule has 0 aliphatic rings. The van der Waals surface area contributed by atoms with Crippen LogP contribution in [0.3, 0.4) is 0 Å². The molecule has 0 saturated carbocycles. The van der Waals surface area contributed by atoms with Gasteiger partial charge in [-0.25, -0.2) is 0 Å².